The number of hydrogen-bond donors (Lipinski definition) is 2. The Kier molecular flexibility index (Phi) is 3.23. The highest BCUT2D eigenvalue weighted by Gasteiger charge is 2.23. The Morgan fingerprint density at radius 2 is 2.00 bits per heavy atom. The highest BCUT2D eigenvalue weighted by atomic mass is 32.1. The molecule has 21 heavy (non-hydrogen) atoms. The van der Waals surface area contributed by atoms with Crippen LogP contribution in [0.15, 0.2) is 9.59 Å². The Balaban J connectivity index is 1.81. The third-order valence-corrected chi connectivity index (χ3v) is 5.95. The summed E-state index contributed by atoms with van der Waals surface area (Å²) in [5, 5.41) is 4.10. The second-order valence-corrected chi connectivity index (χ2v) is 7.21. The Morgan fingerprint density at radius 3 is 2.81 bits per heavy atom. The fourth-order valence-corrected chi connectivity index (χ4v) is 4.87. The summed E-state index contributed by atoms with van der Waals surface area (Å²) in [4.78, 5) is 30.0. The van der Waals surface area contributed by atoms with E-state index in [-0.39, 0.29) is 11.2 Å². The molecule has 6 heteroatoms. The van der Waals surface area contributed by atoms with Gasteiger partial charge in [-0.25, -0.2) is 4.79 Å². The van der Waals surface area contributed by atoms with Crippen LogP contribution in [0.4, 0.5) is 0 Å². The van der Waals surface area contributed by atoms with Gasteiger partial charge in [0.1, 0.15) is 4.83 Å². The number of nitrogens with one attached hydrogen (secondary N) is 2. The second kappa shape index (κ2) is 5.10. The van der Waals surface area contributed by atoms with Crippen molar-refractivity contribution in [2.24, 2.45) is 5.92 Å². The standard InChI is InChI=1S/C15H19N3O2S/c19-14-12-10-2-1-3-11(10)21-13(12)17-15(20)18(14)8-9-4-6-16-7-5-9/h9,16H,1-8H2,(H,17,20). The zero-order valence-corrected chi connectivity index (χ0v) is 12.7. The minimum atomic E-state index is -0.244. The number of hydrogen-bond acceptors (Lipinski definition) is 4. The van der Waals surface area contributed by atoms with Crippen molar-refractivity contribution in [3.63, 3.8) is 0 Å². The van der Waals surface area contributed by atoms with Crippen molar-refractivity contribution >= 4 is 21.6 Å². The van der Waals surface area contributed by atoms with Gasteiger partial charge in [0, 0.05) is 11.4 Å². The first-order valence-electron chi connectivity index (χ1n) is 7.72. The van der Waals surface area contributed by atoms with Crippen molar-refractivity contribution in [1.82, 2.24) is 14.9 Å². The Morgan fingerprint density at radius 1 is 1.19 bits per heavy atom. The van der Waals surface area contributed by atoms with Gasteiger partial charge >= 0.3 is 5.69 Å². The third kappa shape index (κ3) is 2.17. The first-order chi connectivity index (χ1) is 10.2. The third-order valence-electron chi connectivity index (χ3n) is 4.75. The summed E-state index contributed by atoms with van der Waals surface area (Å²) in [7, 11) is 0. The monoisotopic (exact) mass is 305 g/mol. The van der Waals surface area contributed by atoms with Gasteiger partial charge in [-0.3, -0.25) is 14.3 Å². The summed E-state index contributed by atoms with van der Waals surface area (Å²) in [6, 6.07) is 0. The number of nitrogens with zero attached hydrogens (tertiary/aromatic N) is 1. The van der Waals surface area contributed by atoms with Crippen molar-refractivity contribution in [3.8, 4) is 0 Å². The zero-order chi connectivity index (χ0) is 14.4. The van der Waals surface area contributed by atoms with Crippen molar-refractivity contribution < 1.29 is 0 Å². The number of rotatable bonds is 2. The maximum atomic E-state index is 12.8. The van der Waals surface area contributed by atoms with E-state index in [0.717, 1.165) is 55.4 Å². The average molecular weight is 305 g/mol. The predicted octanol–water partition coefficient (Wildman–Crippen LogP) is 1.24. The molecule has 0 unspecified atom stereocenters. The van der Waals surface area contributed by atoms with E-state index in [0.29, 0.717) is 12.5 Å². The van der Waals surface area contributed by atoms with Crippen molar-refractivity contribution in [2.75, 3.05) is 13.1 Å². The average Bonchev–Trinajstić information content (AvgIpc) is 3.04. The normalized spacial score (nSPS) is 19.2. The van der Waals surface area contributed by atoms with Crippen LogP contribution in [-0.4, -0.2) is 22.6 Å². The molecule has 112 valence electrons. The SMILES string of the molecule is O=c1[nH]c2sc3c(c2c(=O)n1CC1CCNCC1)CCC3. The molecule has 1 saturated heterocycles. The molecule has 1 fully saturated rings. The van der Waals surface area contributed by atoms with Gasteiger partial charge in [-0.2, -0.15) is 0 Å². The maximum Gasteiger partial charge on any atom is 0.329 e. The molecule has 0 bridgehead atoms. The zero-order valence-electron chi connectivity index (χ0n) is 11.9. The summed E-state index contributed by atoms with van der Waals surface area (Å²) in [6.45, 7) is 2.51. The minimum Gasteiger partial charge on any atom is -0.317 e. The van der Waals surface area contributed by atoms with Gasteiger partial charge in [-0.05, 0) is 56.7 Å². The Bertz CT molecular complexity index is 796. The van der Waals surface area contributed by atoms with Gasteiger partial charge < -0.3 is 5.32 Å². The second-order valence-electron chi connectivity index (χ2n) is 6.10. The van der Waals surface area contributed by atoms with E-state index in [1.807, 2.05) is 0 Å². The van der Waals surface area contributed by atoms with Crippen LogP contribution in [0.2, 0.25) is 0 Å². The van der Waals surface area contributed by atoms with Crippen LogP contribution in [0.1, 0.15) is 29.7 Å². The molecule has 0 spiro atoms. The first kappa shape index (κ1) is 13.3. The molecule has 2 N–H and O–H groups in total. The molecule has 0 amide bonds. The fraction of sp³-hybridized carbons (Fsp3) is 0.600. The van der Waals surface area contributed by atoms with E-state index in [4.69, 9.17) is 0 Å². The van der Waals surface area contributed by atoms with Crippen LogP contribution < -0.4 is 16.6 Å². The number of aryl methyl sites for hydroxylation is 2. The van der Waals surface area contributed by atoms with Crippen LogP contribution in [0, 0.1) is 5.92 Å². The quantitative estimate of drug-likeness (QED) is 0.877. The lowest BCUT2D eigenvalue weighted by molar-refractivity contribution is 0.325. The number of fused-ring (bicyclic) bond motifs is 3. The van der Waals surface area contributed by atoms with Gasteiger partial charge in [-0.15, -0.1) is 11.3 Å². The van der Waals surface area contributed by atoms with E-state index < -0.39 is 0 Å². The Hall–Kier alpha value is -1.40. The lowest BCUT2D eigenvalue weighted by Gasteiger charge is -2.22. The molecule has 2 aliphatic rings. The van der Waals surface area contributed by atoms with E-state index in [9.17, 15) is 9.59 Å². The van der Waals surface area contributed by atoms with Crippen LogP contribution in [0.25, 0.3) is 10.2 Å². The molecule has 0 radical (unpaired) electrons. The summed E-state index contributed by atoms with van der Waals surface area (Å²) >= 11 is 1.59. The molecule has 0 aromatic carbocycles. The molecule has 2 aromatic rings. The van der Waals surface area contributed by atoms with Crippen molar-refractivity contribution in [2.45, 2.75) is 38.6 Å². The van der Waals surface area contributed by atoms with Crippen LogP contribution >= 0.6 is 11.3 Å². The molecule has 0 atom stereocenters. The summed E-state index contributed by atoms with van der Waals surface area (Å²) in [5.74, 6) is 0.425. The molecule has 5 nitrogen and oxygen atoms in total. The van der Waals surface area contributed by atoms with Crippen LogP contribution in [0.5, 0.6) is 0 Å². The summed E-state index contributed by atoms with van der Waals surface area (Å²) in [5.41, 5.74) is 0.868. The smallest absolute Gasteiger partial charge is 0.317 e. The highest BCUT2D eigenvalue weighted by Crippen LogP contribution is 2.34. The molecular weight excluding hydrogens is 286 g/mol. The van der Waals surface area contributed by atoms with Crippen molar-refractivity contribution in [3.05, 3.63) is 31.3 Å². The van der Waals surface area contributed by atoms with Crippen LogP contribution in [-0.2, 0) is 19.4 Å². The molecule has 2 aromatic heterocycles. The minimum absolute atomic E-state index is 0.0771. The van der Waals surface area contributed by atoms with E-state index in [1.54, 1.807) is 11.3 Å². The maximum absolute atomic E-state index is 12.8. The summed E-state index contributed by atoms with van der Waals surface area (Å²) < 4.78 is 1.43. The molecule has 4 rings (SSSR count). The first-order valence-corrected chi connectivity index (χ1v) is 8.54. The van der Waals surface area contributed by atoms with E-state index >= 15 is 0 Å². The molecule has 1 aliphatic carbocycles. The topological polar surface area (TPSA) is 66.9 Å². The van der Waals surface area contributed by atoms with Gasteiger partial charge in [0.15, 0.2) is 0 Å². The summed E-state index contributed by atoms with van der Waals surface area (Å²) in [6.07, 6.45) is 5.22. The highest BCUT2D eigenvalue weighted by molar-refractivity contribution is 7.18. The van der Waals surface area contributed by atoms with Crippen LogP contribution in [0.3, 0.4) is 0 Å². The van der Waals surface area contributed by atoms with Gasteiger partial charge in [-0.1, -0.05) is 0 Å². The lowest BCUT2D eigenvalue weighted by Crippen LogP contribution is -2.39. The Labute approximate surface area is 126 Å². The van der Waals surface area contributed by atoms with Gasteiger partial charge in [0.2, 0.25) is 0 Å². The number of H-pyrrole nitrogens is 1. The molecule has 0 saturated carbocycles. The predicted molar refractivity (Wildman–Crippen MR) is 84.3 cm³/mol. The van der Waals surface area contributed by atoms with Gasteiger partial charge in [0.25, 0.3) is 5.56 Å². The van der Waals surface area contributed by atoms with Crippen molar-refractivity contribution in [1.29, 1.82) is 0 Å². The molecule has 1 aliphatic heterocycles. The largest absolute Gasteiger partial charge is 0.329 e. The van der Waals surface area contributed by atoms with E-state index in [2.05, 4.69) is 10.3 Å². The number of aromatic amines is 1. The fourth-order valence-electron chi connectivity index (χ4n) is 3.60. The number of thiophene rings is 1. The lowest BCUT2D eigenvalue weighted by atomic mass is 9.98. The number of aromatic nitrogens is 2. The number of piperidine rings is 1. The van der Waals surface area contributed by atoms with E-state index in [1.165, 1.54) is 15.0 Å². The molecule has 3 heterocycles. The molecular formula is C15H19N3O2S. The van der Waals surface area contributed by atoms with Gasteiger partial charge in [0.05, 0.1) is 5.39 Å².